The molecule has 1 unspecified atom stereocenters. The van der Waals surface area contributed by atoms with Gasteiger partial charge >= 0.3 is 0 Å². The molecule has 1 atom stereocenters. The van der Waals surface area contributed by atoms with Crippen LogP contribution in [0, 0.1) is 5.41 Å². The molecule has 2 nitrogen and oxygen atoms in total. The third-order valence-corrected chi connectivity index (χ3v) is 4.44. The first-order valence-corrected chi connectivity index (χ1v) is 8.08. The monoisotopic (exact) mass is 274 g/mol. The molecule has 0 aliphatic carbocycles. The van der Waals surface area contributed by atoms with Gasteiger partial charge in [0.2, 0.25) is 0 Å². The summed E-state index contributed by atoms with van der Waals surface area (Å²) in [6.07, 6.45) is 2.44. The number of nitrogens with one attached hydrogen (secondary N) is 1. The molecule has 2 rings (SSSR count). The molecule has 1 fully saturated rings. The molecular formula is C18H30N2. The van der Waals surface area contributed by atoms with E-state index in [0.29, 0.717) is 11.5 Å². The second-order valence-electron chi connectivity index (χ2n) is 6.85. The summed E-state index contributed by atoms with van der Waals surface area (Å²) in [4.78, 5) is 2.61. The summed E-state index contributed by atoms with van der Waals surface area (Å²) in [6, 6.07) is 9.60. The second kappa shape index (κ2) is 6.73. The van der Waals surface area contributed by atoms with Crippen molar-refractivity contribution in [1.29, 1.82) is 0 Å². The van der Waals surface area contributed by atoms with Crippen LogP contribution in [0.3, 0.4) is 0 Å². The number of nitrogens with zero attached hydrogens (tertiary/aromatic N) is 1. The highest BCUT2D eigenvalue weighted by atomic mass is 15.2. The van der Waals surface area contributed by atoms with E-state index in [1.807, 2.05) is 0 Å². The van der Waals surface area contributed by atoms with Gasteiger partial charge in [-0.15, -0.1) is 0 Å². The highest BCUT2D eigenvalue weighted by Gasteiger charge is 2.30. The van der Waals surface area contributed by atoms with Crippen LogP contribution >= 0.6 is 0 Å². The average Bonchev–Trinajstić information content (AvgIpc) is 2.78. The molecule has 1 aromatic rings. The van der Waals surface area contributed by atoms with E-state index in [0.717, 1.165) is 19.5 Å². The first-order chi connectivity index (χ1) is 9.54. The summed E-state index contributed by atoms with van der Waals surface area (Å²) in [5, 5.41) is 3.65. The molecule has 1 aliphatic rings. The number of aryl methyl sites for hydroxylation is 1. The van der Waals surface area contributed by atoms with Crippen molar-refractivity contribution in [2.45, 2.75) is 46.6 Å². The maximum absolute atomic E-state index is 3.65. The largest absolute Gasteiger partial charge is 0.309 e. The molecular weight excluding hydrogens is 244 g/mol. The van der Waals surface area contributed by atoms with Crippen LogP contribution in [0.2, 0.25) is 0 Å². The smallest absolute Gasteiger partial charge is 0.0449 e. The van der Waals surface area contributed by atoms with Crippen LogP contribution in [0.1, 0.15) is 51.3 Å². The number of benzene rings is 1. The first kappa shape index (κ1) is 15.5. The third-order valence-electron chi connectivity index (χ3n) is 4.44. The highest BCUT2D eigenvalue weighted by molar-refractivity contribution is 5.25. The van der Waals surface area contributed by atoms with Crippen molar-refractivity contribution in [1.82, 2.24) is 10.2 Å². The van der Waals surface area contributed by atoms with Gasteiger partial charge in [-0.1, -0.05) is 52.0 Å². The maximum atomic E-state index is 3.65. The minimum atomic E-state index is 0.458. The van der Waals surface area contributed by atoms with Gasteiger partial charge in [0, 0.05) is 19.1 Å². The van der Waals surface area contributed by atoms with Crippen molar-refractivity contribution in [3.05, 3.63) is 35.4 Å². The molecule has 0 aromatic heterocycles. The standard InChI is InChI=1S/C18H30N2/c1-5-15-7-9-16(10-8-15)17(19-6-2)13-20-12-11-18(3,4)14-20/h7-10,17,19H,5-6,11-14H2,1-4H3. The Morgan fingerprint density at radius 3 is 2.40 bits per heavy atom. The molecule has 1 heterocycles. The van der Waals surface area contributed by atoms with E-state index < -0.39 is 0 Å². The second-order valence-corrected chi connectivity index (χ2v) is 6.85. The summed E-state index contributed by atoms with van der Waals surface area (Å²) < 4.78 is 0. The predicted octanol–water partition coefficient (Wildman–Crippen LogP) is 3.63. The van der Waals surface area contributed by atoms with Gasteiger partial charge in [0.1, 0.15) is 0 Å². The Bertz CT molecular complexity index is 408. The zero-order valence-electron chi connectivity index (χ0n) is 13.6. The van der Waals surface area contributed by atoms with Crippen LogP contribution in [0.15, 0.2) is 24.3 Å². The van der Waals surface area contributed by atoms with Gasteiger partial charge in [-0.3, -0.25) is 0 Å². The van der Waals surface area contributed by atoms with Crippen LogP contribution in [0.4, 0.5) is 0 Å². The van der Waals surface area contributed by atoms with Crippen LogP contribution in [-0.2, 0) is 6.42 Å². The van der Waals surface area contributed by atoms with E-state index in [-0.39, 0.29) is 0 Å². The SMILES string of the molecule is CCNC(CN1CCC(C)(C)C1)c1ccc(CC)cc1. The maximum Gasteiger partial charge on any atom is 0.0449 e. The minimum absolute atomic E-state index is 0.458. The summed E-state index contributed by atoms with van der Waals surface area (Å²) in [5.74, 6) is 0. The zero-order valence-corrected chi connectivity index (χ0v) is 13.6. The van der Waals surface area contributed by atoms with Gasteiger partial charge in [-0.05, 0) is 42.5 Å². The molecule has 0 spiro atoms. The predicted molar refractivity (Wildman–Crippen MR) is 87.1 cm³/mol. The summed E-state index contributed by atoms with van der Waals surface area (Å²) in [7, 11) is 0. The van der Waals surface area contributed by atoms with Crippen LogP contribution in [0.5, 0.6) is 0 Å². The van der Waals surface area contributed by atoms with Gasteiger partial charge in [0.25, 0.3) is 0 Å². The lowest BCUT2D eigenvalue weighted by Crippen LogP contribution is -2.34. The zero-order chi connectivity index (χ0) is 14.6. The first-order valence-electron chi connectivity index (χ1n) is 8.08. The van der Waals surface area contributed by atoms with E-state index in [2.05, 4.69) is 62.2 Å². The summed E-state index contributed by atoms with van der Waals surface area (Å²) in [5.41, 5.74) is 3.34. The molecule has 0 bridgehead atoms. The Morgan fingerprint density at radius 2 is 1.90 bits per heavy atom. The van der Waals surface area contributed by atoms with E-state index in [4.69, 9.17) is 0 Å². The van der Waals surface area contributed by atoms with E-state index in [9.17, 15) is 0 Å². The Morgan fingerprint density at radius 1 is 1.20 bits per heavy atom. The molecule has 0 saturated carbocycles. The van der Waals surface area contributed by atoms with Crippen molar-refractivity contribution in [3.63, 3.8) is 0 Å². The molecule has 2 heteroatoms. The fourth-order valence-corrected chi connectivity index (χ4v) is 3.16. The van der Waals surface area contributed by atoms with Crippen molar-refractivity contribution in [3.8, 4) is 0 Å². The number of hydrogen-bond donors (Lipinski definition) is 1. The van der Waals surface area contributed by atoms with E-state index in [1.54, 1.807) is 0 Å². The van der Waals surface area contributed by atoms with Gasteiger partial charge in [-0.2, -0.15) is 0 Å². The number of rotatable bonds is 6. The van der Waals surface area contributed by atoms with Crippen molar-refractivity contribution in [2.24, 2.45) is 5.41 Å². The fraction of sp³-hybridized carbons (Fsp3) is 0.667. The number of hydrogen-bond acceptors (Lipinski definition) is 2. The van der Waals surface area contributed by atoms with Crippen LogP contribution in [-0.4, -0.2) is 31.1 Å². The molecule has 0 radical (unpaired) electrons. The third kappa shape index (κ3) is 4.07. The molecule has 1 saturated heterocycles. The lowest BCUT2D eigenvalue weighted by molar-refractivity contribution is 0.262. The van der Waals surface area contributed by atoms with Crippen molar-refractivity contribution in [2.75, 3.05) is 26.2 Å². The fourth-order valence-electron chi connectivity index (χ4n) is 3.16. The summed E-state index contributed by atoms with van der Waals surface area (Å²) in [6.45, 7) is 13.8. The Kier molecular flexibility index (Phi) is 5.22. The number of likely N-dealkylation sites (tertiary alicyclic amines) is 1. The van der Waals surface area contributed by atoms with Crippen LogP contribution < -0.4 is 5.32 Å². The number of likely N-dealkylation sites (N-methyl/N-ethyl adjacent to an activating group) is 1. The van der Waals surface area contributed by atoms with Crippen molar-refractivity contribution >= 4 is 0 Å². The molecule has 1 aliphatic heterocycles. The Labute approximate surface area is 124 Å². The lowest BCUT2D eigenvalue weighted by atomic mass is 9.93. The molecule has 112 valence electrons. The van der Waals surface area contributed by atoms with E-state index in [1.165, 1.54) is 30.6 Å². The molecule has 1 aromatic carbocycles. The normalized spacial score (nSPS) is 20.2. The van der Waals surface area contributed by atoms with Gasteiger partial charge in [0.05, 0.1) is 0 Å². The Balaban J connectivity index is 2.02. The minimum Gasteiger partial charge on any atom is -0.309 e. The lowest BCUT2D eigenvalue weighted by Gasteiger charge is -2.26. The van der Waals surface area contributed by atoms with E-state index >= 15 is 0 Å². The molecule has 0 amide bonds. The Hall–Kier alpha value is -0.860. The quantitative estimate of drug-likeness (QED) is 0.852. The van der Waals surface area contributed by atoms with Gasteiger partial charge < -0.3 is 10.2 Å². The topological polar surface area (TPSA) is 15.3 Å². The van der Waals surface area contributed by atoms with Crippen molar-refractivity contribution < 1.29 is 0 Å². The highest BCUT2D eigenvalue weighted by Crippen LogP contribution is 2.30. The van der Waals surface area contributed by atoms with Gasteiger partial charge in [0.15, 0.2) is 0 Å². The van der Waals surface area contributed by atoms with Gasteiger partial charge in [-0.25, -0.2) is 0 Å². The molecule has 1 N–H and O–H groups in total. The molecule has 20 heavy (non-hydrogen) atoms. The summed E-state index contributed by atoms with van der Waals surface area (Å²) >= 11 is 0. The van der Waals surface area contributed by atoms with Crippen LogP contribution in [0.25, 0.3) is 0 Å². The average molecular weight is 274 g/mol.